The summed E-state index contributed by atoms with van der Waals surface area (Å²) in [5.74, 6) is -0.753. The number of amides is 1. The molecule has 1 heterocycles. The van der Waals surface area contributed by atoms with E-state index >= 15 is 0 Å². The second-order valence-electron chi connectivity index (χ2n) is 9.84. The van der Waals surface area contributed by atoms with Gasteiger partial charge in [0.05, 0.1) is 15.6 Å². The highest BCUT2D eigenvalue weighted by molar-refractivity contribution is 6.39. The highest BCUT2D eigenvalue weighted by Crippen LogP contribution is 2.27. The molecule has 1 saturated carbocycles. The van der Waals surface area contributed by atoms with Gasteiger partial charge in [0, 0.05) is 37.9 Å². The maximum Gasteiger partial charge on any atom is 0.326 e. The van der Waals surface area contributed by atoms with Crippen LogP contribution in [0.1, 0.15) is 53.6 Å². The fourth-order valence-electron chi connectivity index (χ4n) is 4.96. The van der Waals surface area contributed by atoms with Gasteiger partial charge in [0.1, 0.15) is 11.8 Å². The molecule has 202 valence electrons. The Balaban J connectivity index is 1.32. The summed E-state index contributed by atoms with van der Waals surface area (Å²) < 4.78 is 0. The van der Waals surface area contributed by atoms with Crippen LogP contribution < -0.4 is 16.0 Å². The lowest BCUT2D eigenvalue weighted by molar-refractivity contribution is -0.139. The second kappa shape index (κ2) is 13.1. The maximum absolute atomic E-state index is 13.0. The van der Waals surface area contributed by atoms with E-state index < -0.39 is 17.9 Å². The van der Waals surface area contributed by atoms with E-state index in [1.165, 1.54) is 12.1 Å². The van der Waals surface area contributed by atoms with Crippen LogP contribution in [0.3, 0.4) is 0 Å². The van der Waals surface area contributed by atoms with Crippen molar-refractivity contribution in [1.82, 2.24) is 16.0 Å². The molecule has 4 N–H and O–H groups in total. The minimum absolute atomic E-state index is 0.00774. The second-order valence-corrected chi connectivity index (χ2v) is 10.7. The highest BCUT2D eigenvalue weighted by Gasteiger charge is 2.28. The lowest BCUT2D eigenvalue weighted by Crippen LogP contribution is -2.47. The summed E-state index contributed by atoms with van der Waals surface area (Å²) in [7, 11) is 0. The molecule has 1 amide bonds. The Morgan fingerprint density at radius 2 is 1.74 bits per heavy atom. The number of Topliss-reactive ketones (excluding diaryl/α,β-unsaturated/α-hetero) is 1. The van der Waals surface area contributed by atoms with Crippen LogP contribution in [0.15, 0.2) is 47.5 Å². The molecule has 0 bridgehead atoms. The zero-order valence-corrected chi connectivity index (χ0v) is 22.5. The number of carbonyl (C=O) groups excluding carboxylic acids is 2. The monoisotopic (exact) mass is 558 g/mol. The third kappa shape index (κ3) is 7.48. The van der Waals surface area contributed by atoms with E-state index in [2.05, 4.69) is 20.9 Å². The molecule has 10 heteroatoms. The Kier molecular flexibility index (Phi) is 9.63. The number of aliphatic carboxylic acids is 1. The molecule has 2 aromatic rings. The molecule has 0 aromatic heterocycles. The van der Waals surface area contributed by atoms with Crippen molar-refractivity contribution in [2.24, 2.45) is 10.9 Å². The highest BCUT2D eigenvalue weighted by atomic mass is 35.5. The van der Waals surface area contributed by atoms with Crippen molar-refractivity contribution in [3.05, 3.63) is 69.2 Å². The van der Waals surface area contributed by atoms with E-state index in [4.69, 9.17) is 23.2 Å². The Morgan fingerprint density at radius 3 is 2.39 bits per heavy atom. The van der Waals surface area contributed by atoms with Gasteiger partial charge in [-0.25, -0.2) is 4.79 Å². The molecule has 1 aliphatic heterocycles. The number of ketones is 1. The van der Waals surface area contributed by atoms with E-state index in [-0.39, 0.29) is 39.8 Å². The van der Waals surface area contributed by atoms with Gasteiger partial charge in [-0.1, -0.05) is 60.0 Å². The summed E-state index contributed by atoms with van der Waals surface area (Å²) in [5, 5.41) is 19.2. The summed E-state index contributed by atoms with van der Waals surface area (Å²) in [6, 6.07) is 11.0. The van der Waals surface area contributed by atoms with Gasteiger partial charge in [0.25, 0.3) is 5.91 Å². The Bertz CT molecular complexity index is 1180. The SMILES string of the molecule is O=C(N[C@@H](Cc1ccc(CC(=O)[C@@H]2CCC[C@@H](NC3=NCCCN3)C2)cc1)C(=O)O)c1c(Cl)cccc1Cl. The number of carboxylic acids is 1. The molecule has 1 aliphatic carbocycles. The van der Waals surface area contributed by atoms with E-state index in [9.17, 15) is 19.5 Å². The number of carbonyl (C=O) groups is 3. The number of rotatable bonds is 9. The van der Waals surface area contributed by atoms with Gasteiger partial charge in [-0.2, -0.15) is 0 Å². The average molecular weight is 559 g/mol. The number of nitrogens with zero attached hydrogens (tertiary/aromatic N) is 1. The van der Waals surface area contributed by atoms with Crippen LogP contribution in [0.25, 0.3) is 0 Å². The number of nitrogens with one attached hydrogen (secondary N) is 3. The zero-order valence-electron chi connectivity index (χ0n) is 21.0. The van der Waals surface area contributed by atoms with Crippen molar-refractivity contribution >= 4 is 46.8 Å². The summed E-state index contributed by atoms with van der Waals surface area (Å²) in [4.78, 5) is 42.0. The van der Waals surface area contributed by atoms with Crippen LogP contribution in [0, 0.1) is 5.92 Å². The summed E-state index contributed by atoms with van der Waals surface area (Å²) >= 11 is 12.2. The first-order valence-corrected chi connectivity index (χ1v) is 13.7. The van der Waals surface area contributed by atoms with Crippen molar-refractivity contribution < 1.29 is 19.5 Å². The van der Waals surface area contributed by atoms with Crippen molar-refractivity contribution in [1.29, 1.82) is 0 Å². The average Bonchev–Trinajstić information content (AvgIpc) is 2.90. The molecule has 2 aliphatic rings. The lowest BCUT2D eigenvalue weighted by atomic mass is 9.81. The number of carboxylic acid groups (broad SMARTS) is 1. The Hall–Kier alpha value is -3.10. The molecule has 8 nitrogen and oxygen atoms in total. The molecule has 0 spiro atoms. The zero-order chi connectivity index (χ0) is 27.1. The number of hydrogen-bond donors (Lipinski definition) is 4. The fraction of sp³-hybridized carbons (Fsp3) is 0.429. The molecule has 0 saturated heterocycles. The lowest BCUT2D eigenvalue weighted by Gasteiger charge is -2.31. The van der Waals surface area contributed by atoms with Gasteiger partial charge in [0.15, 0.2) is 5.96 Å². The summed E-state index contributed by atoms with van der Waals surface area (Å²) in [6.07, 6.45) is 5.17. The molecular formula is C28H32Cl2N4O4. The first-order valence-electron chi connectivity index (χ1n) is 12.9. The van der Waals surface area contributed by atoms with Crippen LogP contribution >= 0.6 is 23.2 Å². The minimum atomic E-state index is -1.17. The van der Waals surface area contributed by atoms with Gasteiger partial charge in [-0.15, -0.1) is 0 Å². The van der Waals surface area contributed by atoms with Gasteiger partial charge >= 0.3 is 5.97 Å². The van der Waals surface area contributed by atoms with Crippen LogP contribution in [0.2, 0.25) is 10.0 Å². The van der Waals surface area contributed by atoms with Crippen molar-refractivity contribution in [3.8, 4) is 0 Å². The predicted octanol–water partition coefficient (Wildman–Crippen LogP) is 4.03. The number of hydrogen-bond acceptors (Lipinski definition) is 6. The minimum Gasteiger partial charge on any atom is -0.480 e. The number of benzene rings is 2. The molecule has 0 radical (unpaired) electrons. The fourth-order valence-corrected chi connectivity index (χ4v) is 5.52. The van der Waals surface area contributed by atoms with Gasteiger partial charge < -0.3 is 21.1 Å². The molecule has 2 aromatic carbocycles. The molecule has 38 heavy (non-hydrogen) atoms. The van der Waals surface area contributed by atoms with E-state index in [1.807, 2.05) is 12.1 Å². The molecular weight excluding hydrogens is 527 g/mol. The molecule has 4 rings (SSSR count). The van der Waals surface area contributed by atoms with Crippen LogP contribution in [0.5, 0.6) is 0 Å². The number of aliphatic imine (C=N–C) groups is 1. The summed E-state index contributed by atoms with van der Waals surface area (Å²) in [6.45, 7) is 1.75. The normalized spacial score (nSPS) is 20.0. The van der Waals surface area contributed by atoms with Crippen molar-refractivity contribution in [2.45, 2.75) is 57.0 Å². The molecule has 1 fully saturated rings. The number of halogens is 2. The quantitative estimate of drug-likeness (QED) is 0.369. The maximum atomic E-state index is 13.0. The Labute approximate surface area is 232 Å². The van der Waals surface area contributed by atoms with Gasteiger partial charge in [-0.05, 0) is 48.9 Å². The van der Waals surface area contributed by atoms with E-state index in [1.54, 1.807) is 18.2 Å². The van der Waals surface area contributed by atoms with E-state index in [0.717, 1.165) is 62.3 Å². The van der Waals surface area contributed by atoms with Crippen molar-refractivity contribution in [2.75, 3.05) is 13.1 Å². The molecule has 0 unspecified atom stereocenters. The standard InChI is InChI=1S/C28H32Cl2N4O4/c29-21-6-2-7-22(30)25(21)26(36)34-23(27(37)38)14-17-8-10-18(11-9-17)15-24(35)19-4-1-5-20(16-19)33-28-31-12-3-13-32-28/h2,6-11,19-20,23H,1,3-5,12-16H2,(H,34,36)(H,37,38)(H2,31,32,33)/t19-,20-,23+/m1/s1. The topological polar surface area (TPSA) is 120 Å². The smallest absolute Gasteiger partial charge is 0.326 e. The largest absolute Gasteiger partial charge is 0.480 e. The third-order valence-corrected chi connectivity index (χ3v) is 7.63. The Morgan fingerprint density at radius 1 is 1.03 bits per heavy atom. The third-order valence-electron chi connectivity index (χ3n) is 7.00. The first-order chi connectivity index (χ1) is 18.3. The first kappa shape index (κ1) is 27.9. The van der Waals surface area contributed by atoms with Crippen LogP contribution in [-0.2, 0) is 22.4 Å². The van der Waals surface area contributed by atoms with Crippen LogP contribution in [0.4, 0.5) is 0 Å². The summed E-state index contributed by atoms with van der Waals surface area (Å²) in [5.41, 5.74) is 1.65. The van der Waals surface area contributed by atoms with Crippen molar-refractivity contribution in [3.63, 3.8) is 0 Å². The van der Waals surface area contributed by atoms with Gasteiger partial charge in [0.2, 0.25) is 0 Å². The molecule has 3 atom stereocenters. The predicted molar refractivity (Wildman–Crippen MR) is 148 cm³/mol. The number of guanidine groups is 1. The van der Waals surface area contributed by atoms with Gasteiger partial charge in [-0.3, -0.25) is 14.6 Å². The van der Waals surface area contributed by atoms with E-state index in [0.29, 0.717) is 6.42 Å². The van der Waals surface area contributed by atoms with Crippen LogP contribution in [-0.4, -0.2) is 53.9 Å².